The van der Waals surface area contributed by atoms with E-state index in [1.54, 1.807) is 29.2 Å². The molecule has 0 atom stereocenters. The van der Waals surface area contributed by atoms with Gasteiger partial charge in [-0.2, -0.15) is 0 Å². The van der Waals surface area contributed by atoms with E-state index < -0.39 is 12.6 Å². The van der Waals surface area contributed by atoms with Crippen molar-refractivity contribution < 1.29 is 24.2 Å². The summed E-state index contributed by atoms with van der Waals surface area (Å²) < 4.78 is 11.0. The highest BCUT2D eigenvalue weighted by Gasteiger charge is 2.32. The molecule has 0 radical (unpaired) electrons. The molecule has 1 fully saturated rings. The van der Waals surface area contributed by atoms with Crippen molar-refractivity contribution >= 4 is 46.3 Å². The topological polar surface area (TPSA) is 76.1 Å². The van der Waals surface area contributed by atoms with Gasteiger partial charge >= 0.3 is 5.97 Å². The number of carboxylic acid groups (broad SMARTS) is 1. The van der Waals surface area contributed by atoms with E-state index in [0.29, 0.717) is 27.3 Å². The number of thioether (sulfide) groups is 1. The van der Waals surface area contributed by atoms with E-state index in [0.717, 1.165) is 11.1 Å². The average Bonchev–Trinajstić information content (AvgIpc) is 2.95. The Kier molecular flexibility index (Phi) is 6.33. The zero-order valence-corrected chi connectivity index (χ0v) is 16.6. The molecule has 2 aromatic carbocycles. The van der Waals surface area contributed by atoms with Gasteiger partial charge in [0.05, 0.1) is 18.6 Å². The second-order valence-electron chi connectivity index (χ2n) is 5.85. The average molecular weight is 415 g/mol. The second-order valence-corrected chi connectivity index (χ2v) is 7.52. The molecule has 1 amide bonds. The molecule has 1 N–H and O–H groups in total. The molecular formula is C20H17NO5S2. The van der Waals surface area contributed by atoms with Gasteiger partial charge in [-0.25, -0.2) is 4.79 Å². The minimum Gasteiger partial charge on any atom is -0.493 e. The van der Waals surface area contributed by atoms with Crippen molar-refractivity contribution in [1.29, 1.82) is 0 Å². The van der Waals surface area contributed by atoms with Gasteiger partial charge in [0.2, 0.25) is 0 Å². The van der Waals surface area contributed by atoms with Crippen molar-refractivity contribution in [2.75, 3.05) is 13.7 Å². The summed E-state index contributed by atoms with van der Waals surface area (Å²) in [4.78, 5) is 25.5. The van der Waals surface area contributed by atoms with Crippen LogP contribution in [-0.2, 0) is 16.1 Å². The molecule has 0 aliphatic carbocycles. The van der Waals surface area contributed by atoms with E-state index in [2.05, 4.69) is 0 Å². The summed E-state index contributed by atoms with van der Waals surface area (Å²) in [5, 5.41) is 8.73. The van der Waals surface area contributed by atoms with Crippen LogP contribution in [0.2, 0.25) is 0 Å². The lowest BCUT2D eigenvalue weighted by atomic mass is 10.1. The molecule has 0 spiro atoms. The number of carbonyl (C=O) groups excluding carboxylic acids is 1. The third-order valence-electron chi connectivity index (χ3n) is 3.89. The molecule has 1 heterocycles. The van der Waals surface area contributed by atoms with Crippen LogP contribution in [0, 0.1) is 0 Å². The van der Waals surface area contributed by atoms with Crippen LogP contribution in [0.25, 0.3) is 6.08 Å². The van der Waals surface area contributed by atoms with Crippen LogP contribution in [0.5, 0.6) is 11.5 Å². The number of carbonyl (C=O) groups is 2. The first-order chi connectivity index (χ1) is 13.5. The van der Waals surface area contributed by atoms with Gasteiger partial charge in [0.25, 0.3) is 5.91 Å². The third-order valence-corrected chi connectivity index (χ3v) is 5.27. The summed E-state index contributed by atoms with van der Waals surface area (Å²) in [5.41, 5.74) is 1.72. The van der Waals surface area contributed by atoms with Crippen LogP contribution in [0.3, 0.4) is 0 Å². The first-order valence-electron chi connectivity index (χ1n) is 8.30. The summed E-state index contributed by atoms with van der Waals surface area (Å²) in [6, 6.07) is 14.7. The molecule has 28 heavy (non-hydrogen) atoms. The Morgan fingerprint density at radius 3 is 2.64 bits per heavy atom. The Morgan fingerprint density at radius 1 is 1.21 bits per heavy atom. The fraction of sp³-hybridized carbons (Fsp3) is 0.150. The SMILES string of the molecule is COc1cc(/C=C2\SC(=S)N(Cc3ccccc3)C2=O)ccc1OCC(=O)O. The van der Waals surface area contributed by atoms with Gasteiger partial charge in [-0.05, 0) is 29.3 Å². The van der Waals surface area contributed by atoms with Crippen LogP contribution in [0.4, 0.5) is 0 Å². The smallest absolute Gasteiger partial charge is 0.341 e. The first kappa shape index (κ1) is 19.9. The van der Waals surface area contributed by atoms with Gasteiger partial charge < -0.3 is 14.6 Å². The van der Waals surface area contributed by atoms with Crippen molar-refractivity contribution in [2.45, 2.75) is 6.54 Å². The van der Waals surface area contributed by atoms with Gasteiger partial charge in [0, 0.05) is 0 Å². The maximum absolute atomic E-state index is 12.8. The van der Waals surface area contributed by atoms with Crippen molar-refractivity contribution in [1.82, 2.24) is 4.90 Å². The minimum absolute atomic E-state index is 0.149. The van der Waals surface area contributed by atoms with E-state index in [1.165, 1.54) is 18.9 Å². The molecular weight excluding hydrogens is 398 g/mol. The largest absolute Gasteiger partial charge is 0.493 e. The number of aliphatic carboxylic acids is 1. The van der Waals surface area contributed by atoms with Crippen molar-refractivity contribution in [3.8, 4) is 11.5 Å². The van der Waals surface area contributed by atoms with E-state index in [1.807, 2.05) is 30.3 Å². The lowest BCUT2D eigenvalue weighted by Gasteiger charge is -2.14. The molecule has 6 nitrogen and oxygen atoms in total. The Labute approximate surface area is 171 Å². The lowest BCUT2D eigenvalue weighted by Crippen LogP contribution is -2.27. The van der Waals surface area contributed by atoms with Gasteiger partial charge in [0.1, 0.15) is 4.32 Å². The molecule has 0 saturated carbocycles. The normalized spacial score (nSPS) is 15.2. The molecule has 3 rings (SSSR count). The molecule has 144 valence electrons. The highest BCUT2D eigenvalue weighted by atomic mass is 32.2. The lowest BCUT2D eigenvalue weighted by molar-refractivity contribution is -0.139. The molecule has 0 aromatic heterocycles. The molecule has 8 heteroatoms. The van der Waals surface area contributed by atoms with Crippen LogP contribution in [0.1, 0.15) is 11.1 Å². The number of carboxylic acids is 1. The summed E-state index contributed by atoms with van der Waals surface area (Å²) in [5.74, 6) is -0.523. The first-order valence-corrected chi connectivity index (χ1v) is 9.52. The third kappa shape index (κ3) is 4.71. The highest BCUT2D eigenvalue weighted by molar-refractivity contribution is 8.26. The summed E-state index contributed by atoms with van der Waals surface area (Å²) in [6.07, 6.45) is 1.73. The van der Waals surface area contributed by atoms with Crippen LogP contribution < -0.4 is 9.47 Å². The predicted molar refractivity (Wildman–Crippen MR) is 111 cm³/mol. The fourth-order valence-corrected chi connectivity index (χ4v) is 3.84. The van der Waals surface area contributed by atoms with Gasteiger partial charge in [-0.15, -0.1) is 0 Å². The minimum atomic E-state index is -1.08. The maximum Gasteiger partial charge on any atom is 0.341 e. The van der Waals surface area contributed by atoms with Gasteiger partial charge in [0.15, 0.2) is 18.1 Å². The van der Waals surface area contributed by atoms with Crippen molar-refractivity contribution in [3.63, 3.8) is 0 Å². The molecule has 1 aliphatic heterocycles. The monoisotopic (exact) mass is 415 g/mol. The standard InChI is InChI=1S/C20H17NO5S2/c1-25-16-9-14(7-8-15(16)26-12-18(22)23)10-17-19(24)21(20(27)28-17)11-13-5-3-2-4-6-13/h2-10H,11-12H2,1H3,(H,22,23)/b17-10-. The second kappa shape index (κ2) is 8.90. The number of ether oxygens (including phenoxy) is 2. The number of thiocarbonyl (C=S) groups is 1. The zero-order valence-electron chi connectivity index (χ0n) is 15.0. The number of hydrogen-bond donors (Lipinski definition) is 1. The van der Waals surface area contributed by atoms with Crippen LogP contribution in [0.15, 0.2) is 53.4 Å². The summed E-state index contributed by atoms with van der Waals surface area (Å²) in [6.45, 7) is -0.0397. The van der Waals surface area contributed by atoms with Crippen LogP contribution >= 0.6 is 24.0 Å². The van der Waals surface area contributed by atoms with E-state index in [4.69, 9.17) is 26.8 Å². The molecule has 0 bridgehead atoms. The summed E-state index contributed by atoms with van der Waals surface area (Å²) in [7, 11) is 1.46. The maximum atomic E-state index is 12.8. The van der Waals surface area contributed by atoms with Gasteiger partial charge in [-0.3, -0.25) is 9.69 Å². The predicted octanol–water partition coefficient (Wildman–Crippen LogP) is 3.56. The number of rotatable bonds is 7. The Hall–Kier alpha value is -2.84. The number of nitrogens with zero attached hydrogens (tertiary/aromatic N) is 1. The number of hydrogen-bond acceptors (Lipinski definition) is 6. The number of amides is 1. The fourth-order valence-electron chi connectivity index (χ4n) is 2.59. The zero-order chi connectivity index (χ0) is 20.1. The van der Waals surface area contributed by atoms with Gasteiger partial charge in [-0.1, -0.05) is 60.4 Å². The Bertz CT molecular complexity index is 943. The van der Waals surface area contributed by atoms with Crippen molar-refractivity contribution in [3.05, 3.63) is 64.6 Å². The number of benzene rings is 2. The summed E-state index contributed by atoms with van der Waals surface area (Å²) >= 11 is 6.61. The Morgan fingerprint density at radius 2 is 1.96 bits per heavy atom. The molecule has 2 aromatic rings. The van der Waals surface area contributed by atoms with E-state index in [-0.39, 0.29) is 5.91 Å². The highest BCUT2D eigenvalue weighted by Crippen LogP contribution is 2.35. The Balaban J connectivity index is 1.78. The molecule has 1 aliphatic rings. The van der Waals surface area contributed by atoms with E-state index in [9.17, 15) is 9.59 Å². The van der Waals surface area contributed by atoms with E-state index >= 15 is 0 Å². The molecule has 1 saturated heterocycles. The molecule has 0 unspecified atom stereocenters. The van der Waals surface area contributed by atoms with Crippen molar-refractivity contribution in [2.24, 2.45) is 0 Å². The number of methoxy groups -OCH3 is 1. The quantitative estimate of drug-likeness (QED) is 0.547. The van der Waals surface area contributed by atoms with Crippen LogP contribution in [-0.4, -0.2) is 39.9 Å².